The average molecular weight is 257 g/mol. The van der Waals surface area contributed by atoms with Gasteiger partial charge in [0.2, 0.25) is 0 Å². The number of halogens is 1. The van der Waals surface area contributed by atoms with Crippen LogP contribution in [0.2, 0.25) is 0 Å². The lowest BCUT2D eigenvalue weighted by Crippen LogP contribution is -2.32. The van der Waals surface area contributed by atoms with Crippen molar-refractivity contribution in [2.24, 2.45) is 5.73 Å². The summed E-state index contributed by atoms with van der Waals surface area (Å²) in [6, 6.07) is 6.62. The van der Waals surface area contributed by atoms with E-state index in [0.29, 0.717) is 12.6 Å². The zero-order chi connectivity index (χ0) is 10.6. The second-order valence-corrected chi connectivity index (χ2v) is 4.40. The highest BCUT2D eigenvalue weighted by atomic mass is 79.9. The Hall–Kier alpha value is -0.380. The third kappa shape index (κ3) is 3.08. The summed E-state index contributed by atoms with van der Waals surface area (Å²) in [5, 5.41) is 3.37. The fraction of sp³-hybridized carbons (Fsp3) is 0.455. The minimum Gasteiger partial charge on any atom is -0.329 e. The van der Waals surface area contributed by atoms with Gasteiger partial charge in [-0.1, -0.05) is 28.1 Å². The van der Waals surface area contributed by atoms with E-state index in [9.17, 15) is 0 Å². The van der Waals surface area contributed by atoms with Crippen LogP contribution in [0.3, 0.4) is 0 Å². The first kappa shape index (κ1) is 11.7. The Balaban J connectivity index is 2.63. The van der Waals surface area contributed by atoms with Crippen molar-refractivity contribution < 1.29 is 0 Å². The topological polar surface area (TPSA) is 38.0 Å². The molecule has 1 atom stereocenters. The van der Waals surface area contributed by atoms with E-state index >= 15 is 0 Å². The molecule has 0 spiro atoms. The van der Waals surface area contributed by atoms with Gasteiger partial charge in [0.15, 0.2) is 0 Å². The van der Waals surface area contributed by atoms with Crippen LogP contribution in [0.5, 0.6) is 0 Å². The van der Waals surface area contributed by atoms with Crippen LogP contribution in [0.25, 0.3) is 0 Å². The molecule has 0 unspecified atom stereocenters. The van der Waals surface area contributed by atoms with Gasteiger partial charge < -0.3 is 11.1 Å². The van der Waals surface area contributed by atoms with E-state index in [1.807, 2.05) is 0 Å². The summed E-state index contributed by atoms with van der Waals surface area (Å²) in [5.74, 6) is 0. The zero-order valence-corrected chi connectivity index (χ0v) is 10.3. The molecule has 0 amide bonds. The Kier molecular flexibility index (Phi) is 4.58. The van der Waals surface area contributed by atoms with Gasteiger partial charge in [-0.15, -0.1) is 0 Å². The first-order chi connectivity index (χ1) is 6.65. The third-order valence-electron chi connectivity index (χ3n) is 2.37. The molecule has 78 valence electrons. The van der Waals surface area contributed by atoms with Crippen molar-refractivity contribution in [3.8, 4) is 0 Å². The van der Waals surface area contributed by atoms with E-state index in [4.69, 9.17) is 5.73 Å². The average Bonchev–Trinajstić information content (AvgIpc) is 2.20. The predicted octanol–water partition coefficient (Wildman–Crippen LogP) is 2.19. The lowest BCUT2D eigenvalue weighted by Gasteiger charge is -2.13. The number of nitrogens with two attached hydrogens (primary N) is 1. The number of benzene rings is 1. The molecule has 0 heterocycles. The molecular formula is C11H17BrN2. The summed E-state index contributed by atoms with van der Waals surface area (Å²) >= 11 is 3.52. The largest absolute Gasteiger partial charge is 0.329 e. The van der Waals surface area contributed by atoms with Crippen LogP contribution in [0.1, 0.15) is 18.1 Å². The van der Waals surface area contributed by atoms with E-state index in [0.717, 1.165) is 11.0 Å². The number of hydrogen-bond donors (Lipinski definition) is 2. The molecule has 0 radical (unpaired) electrons. The third-order valence-corrected chi connectivity index (χ3v) is 3.23. The second-order valence-electron chi connectivity index (χ2n) is 3.54. The van der Waals surface area contributed by atoms with E-state index in [2.05, 4.69) is 53.3 Å². The van der Waals surface area contributed by atoms with Crippen molar-refractivity contribution in [2.75, 3.05) is 6.54 Å². The van der Waals surface area contributed by atoms with Gasteiger partial charge in [-0.25, -0.2) is 0 Å². The van der Waals surface area contributed by atoms with E-state index in [1.54, 1.807) is 0 Å². The van der Waals surface area contributed by atoms with Crippen LogP contribution in [0.15, 0.2) is 22.7 Å². The second kappa shape index (κ2) is 5.49. The van der Waals surface area contributed by atoms with Gasteiger partial charge in [-0.05, 0) is 31.0 Å². The molecule has 0 aliphatic heterocycles. The lowest BCUT2D eigenvalue weighted by molar-refractivity contribution is 0.555. The number of nitrogens with one attached hydrogen (secondary N) is 1. The summed E-state index contributed by atoms with van der Waals surface area (Å²) in [6.07, 6.45) is 0. The number of hydrogen-bond acceptors (Lipinski definition) is 2. The fourth-order valence-electron chi connectivity index (χ4n) is 1.21. The first-order valence-corrected chi connectivity index (χ1v) is 5.62. The summed E-state index contributed by atoms with van der Waals surface area (Å²) in [7, 11) is 0. The Bertz CT molecular complexity index is 299. The Morgan fingerprint density at radius 1 is 1.50 bits per heavy atom. The maximum atomic E-state index is 5.53. The van der Waals surface area contributed by atoms with Crippen molar-refractivity contribution in [3.63, 3.8) is 0 Å². The minimum absolute atomic E-state index is 0.369. The van der Waals surface area contributed by atoms with Crippen LogP contribution in [-0.2, 0) is 6.54 Å². The monoisotopic (exact) mass is 256 g/mol. The van der Waals surface area contributed by atoms with Gasteiger partial charge in [0.05, 0.1) is 0 Å². The summed E-state index contributed by atoms with van der Waals surface area (Å²) in [5.41, 5.74) is 8.15. The van der Waals surface area contributed by atoms with Crippen molar-refractivity contribution in [1.29, 1.82) is 0 Å². The van der Waals surface area contributed by atoms with E-state index in [-0.39, 0.29) is 0 Å². The minimum atomic E-state index is 0.369. The van der Waals surface area contributed by atoms with Crippen LogP contribution < -0.4 is 11.1 Å². The van der Waals surface area contributed by atoms with Crippen LogP contribution >= 0.6 is 15.9 Å². The van der Waals surface area contributed by atoms with E-state index < -0.39 is 0 Å². The maximum absolute atomic E-state index is 5.53. The van der Waals surface area contributed by atoms with Crippen LogP contribution in [0, 0.1) is 6.92 Å². The lowest BCUT2D eigenvalue weighted by atomic mass is 10.1. The molecule has 0 saturated heterocycles. The zero-order valence-electron chi connectivity index (χ0n) is 8.68. The number of rotatable bonds is 4. The van der Waals surface area contributed by atoms with Crippen LogP contribution in [0.4, 0.5) is 0 Å². The quantitative estimate of drug-likeness (QED) is 0.867. The molecule has 3 N–H and O–H groups in total. The summed E-state index contributed by atoms with van der Waals surface area (Å²) in [6.45, 7) is 5.76. The molecule has 1 aromatic carbocycles. The molecule has 14 heavy (non-hydrogen) atoms. The van der Waals surface area contributed by atoms with Crippen molar-refractivity contribution in [2.45, 2.75) is 26.4 Å². The molecule has 2 nitrogen and oxygen atoms in total. The molecule has 1 aromatic rings. The SMILES string of the molecule is Cc1c(Br)cccc1CN[C@@H](C)CN. The van der Waals surface area contributed by atoms with Gasteiger partial charge in [0.25, 0.3) is 0 Å². The highest BCUT2D eigenvalue weighted by Crippen LogP contribution is 2.19. The predicted molar refractivity (Wildman–Crippen MR) is 64.2 cm³/mol. The Labute approximate surface area is 94.0 Å². The fourth-order valence-corrected chi connectivity index (χ4v) is 1.62. The Morgan fingerprint density at radius 2 is 2.21 bits per heavy atom. The highest BCUT2D eigenvalue weighted by Gasteiger charge is 2.03. The van der Waals surface area contributed by atoms with Crippen molar-refractivity contribution >= 4 is 15.9 Å². The standard InChI is InChI=1S/C11H17BrN2/c1-8(6-13)14-7-10-4-3-5-11(12)9(10)2/h3-5,8,14H,6-7,13H2,1-2H3/t8-/m0/s1. The first-order valence-electron chi connectivity index (χ1n) is 4.82. The van der Waals surface area contributed by atoms with Crippen molar-refractivity contribution in [1.82, 2.24) is 5.32 Å². The van der Waals surface area contributed by atoms with Gasteiger partial charge in [0.1, 0.15) is 0 Å². The van der Waals surface area contributed by atoms with Gasteiger partial charge in [-0.3, -0.25) is 0 Å². The molecule has 0 bridgehead atoms. The van der Waals surface area contributed by atoms with Gasteiger partial charge in [0, 0.05) is 23.6 Å². The molecule has 1 rings (SSSR count). The van der Waals surface area contributed by atoms with Gasteiger partial charge >= 0.3 is 0 Å². The van der Waals surface area contributed by atoms with Crippen LogP contribution in [-0.4, -0.2) is 12.6 Å². The molecule has 0 aliphatic carbocycles. The molecule has 0 aromatic heterocycles. The maximum Gasteiger partial charge on any atom is 0.0211 e. The highest BCUT2D eigenvalue weighted by molar-refractivity contribution is 9.10. The molecule has 0 aliphatic rings. The molecule has 3 heteroatoms. The molecule has 0 fully saturated rings. The van der Waals surface area contributed by atoms with Crippen molar-refractivity contribution in [3.05, 3.63) is 33.8 Å². The summed E-state index contributed by atoms with van der Waals surface area (Å²) < 4.78 is 1.16. The smallest absolute Gasteiger partial charge is 0.0211 e. The Morgan fingerprint density at radius 3 is 2.86 bits per heavy atom. The summed E-state index contributed by atoms with van der Waals surface area (Å²) in [4.78, 5) is 0. The normalized spacial score (nSPS) is 12.9. The van der Waals surface area contributed by atoms with Gasteiger partial charge in [-0.2, -0.15) is 0 Å². The van der Waals surface area contributed by atoms with E-state index in [1.165, 1.54) is 11.1 Å². The molecule has 0 saturated carbocycles. The molecular weight excluding hydrogens is 240 g/mol.